The van der Waals surface area contributed by atoms with Gasteiger partial charge in [-0.1, -0.05) is 12.2 Å². The highest BCUT2D eigenvalue weighted by atomic mass is 16.7. The van der Waals surface area contributed by atoms with E-state index >= 15 is 0 Å². The number of hydrogen-bond donors (Lipinski definition) is 2. The van der Waals surface area contributed by atoms with E-state index in [-0.39, 0.29) is 6.61 Å². The molecule has 0 amide bonds. The van der Waals surface area contributed by atoms with Gasteiger partial charge in [0, 0.05) is 18.7 Å². The molecule has 0 fully saturated rings. The average molecular weight is 239 g/mol. The molecule has 5 nitrogen and oxygen atoms in total. The van der Waals surface area contributed by atoms with E-state index in [0.29, 0.717) is 17.2 Å². The molecule has 0 aliphatic carbocycles. The number of aliphatic hydroxyl groups is 1. The summed E-state index contributed by atoms with van der Waals surface area (Å²) in [5, 5.41) is 8.76. The summed E-state index contributed by atoms with van der Waals surface area (Å²) in [6.07, 6.45) is 3.38. The van der Waals surface area contributed by atoms with E-state index in [1.165, 1.54) is 0 Å². The average Bonchev–Trinajstić information content (AvgIpc) is 2.36. The number of hydroxylamine groups is 1. The molecule has 0 bridgehead atoms. The molecule has 0 aromatic heterocycles. The van der Waals surface area contributed by atoms with Gasteiger partial charge in [-0.05, 0) is 6.07 Å². The molecule has 17 heavy (non-hydrogen) atoms. The summed E-state index contributed by atoms with van der Waals surface area (Å²) in [7, 11) is 4.79. The second-order valence-electron chi connectivity index (χ2n) is 3.14. The van der Waals surface area contributed by atoms with Gasteiger partial charge in [0.2, 0.25) is 0 Å². The third-order valence-electron chi connectivity index (χ3n) is 2.13. The van der Waals surface area contributed by atoms with Gasteiger partial charge in [0.25, 0.3) is 0 Å². The zero-order chi connectivity index (χ0) is 12.7. The lowest BCUT2D eigenvalue weighted by Crippen LogP contribution is -2.12. The zero-order valence-corrected chi connectivity index (χ0v) is 10.2. The minimum Gasteiger partial charge on any atom is -0.496 e. The van der Waals surface area contributed by atoms with E-state index < -0.39 is 0 Å². The number of aliphatic hydroxyl groups excluding tert-OH is 1. The van der Waals surface area contributed by atoms with Crippen molar-refractivity contribution in [1.82, 2.24) is 5.48 Å². The van der Waals surface area contributed by atoms with Crippen molar-refractivity contribution in [2.45, 2.75) is 0 Å². The first-order valence-corrected chi connectivity index (χ1v) is 5.13. The van der Waals surface area contributed by atoms with Gasteiger partial charge in [0.1, 0.15) is 5.75 Å². The number of ether oxygens (including phenoxy) is 2. The van der Waals surface area contributed by atoms with Crippen LogP contribution in [0.25, 0.3) is 6.08 Å². The Hall–Kier alpha value is -1.72. The Bertz CT molecular complexity index is 390. The Morgan fingerprint density at radius 3 is 2.41 bits per heavy atom. The molecule has 1 aromatic carbocycles. The molecule has 0 saturated heterocycles. The van der Waals surface area contributed by atoms with Crippen LogP contribution in [0.15, 0.2) is 18.2 Å². The maximum atomic E-state index is 8.76. The fourth-order valence-corrected chi connectivity index (χ4v) is 1.39. The van der Waals surface area contributed by atoms with Crippen LogP contribution in [0.1, 0.15) is 5.56 Å². The van der Waals surface area contributed by atoms with Crippen molar-refractivity contribution in [3.05, 3.63) is 23.8 Å². The van der Waals surface area contributed by atoms with Gasteiger partial charge in [-0.3, -0.25) is 0 Å². The lowest BCUT2D eigenvalue weighted by atomic mass is 10.1. The summed E-state index contributed by atoms with van der Waals surface area (Å²) in [6.45, 7) is -0.0275. The first kappa shape index (κ1) is 13.3. The van der Waals surface area contributed by atoms with E-state index in [1.54, 1.807) is 45.6 Å². The molecule has 0 heterocycles. The van der Waals surface area contributed by atoms with Crippen molar-refractivity contribution in [2.75, 3.05) is 27.9 Å². The summed E-state index contributed by atoms with van der Waals surface area (Å²) >= 11 is 0. The van der Waals surface area contributed by atoms with Crippen LogP contribution in [0.2, 0.25) is 0 Å². The van der Waals surface area contributed by atoms with E-state index in [4.69, 9.17) is 19.4 Å². The van der Waals surface area contributed by atoms with Crippen molar-refractivity contribution in [3.63, 3.8) is 0 Å². The molecule has 94 valence electrons. The molecular weight excluding hydrogens is 222 g/mol. The summed E-state index contributed by atoms with van der Waals surface area (Å²) in [4.78, 5) is 5.20. The fourth-order valence-electron chi connectivity index (χ4n) is 1.39. The van der Waals surface area contributed by atoms with Gasteiger partial charge in [-0.15, -0.1) is 0 Å². The SMILES string of the molecule is CNOc1cc(OC)c(/C=C/CO)cc1OC. The highest BCUT2D eigenvalue weighted by Gasteiger charge is 2.10. The van der Waals surface area contributed by atoms with Crippen LogP contribution in [-0.2, 0) is 0 Å². The topological polar surface area (TPSA) is 60.0 Å². The molecular formula is C12H17NO4. The second-order valence-corrected chi connectivity index (χ2v) is 3.14. The minimum atomic E-state index is -0.0275. The Morgan fingerprint density at radius 2 is 1.88 bits per heavy atom. The van der Waals surface area contributed by atoms with Crippen molar-refractivity contribution < 1.29 is 19.4 Å². The lowest BCUT2D eigenvalue weighted by Gasteiger charge is -2.12. The van der Waals surface area contributed by atoms with Crippen molar-refractivity contribution in [2.24, 2.45) is 0 Å². The minimum absolute atomic E-state index is 0.0275. The molecule has 0 unspecified atom stereocenters. The van der Waals surface area contributed by atoms with Crippen LogP contribution in [0.4, 0.5) is 0 Å². The molecule has 0 aliphatic rings. The number of hydrogen-bond acceptors (Lipinski definition) is 5. The smallest absolute Gasteiger partial charge is 0.192 e. The van der Waals surface area contributed by atoms with Gasteiger partial charge in [0.05, 0.1) is 20.8 Å². The quantitative estimate of drug-likeness (QED) is 0.731. The molecule has 2 N–H and O–H groups in total. The summed E-state index contributed by atoms with van der Waals surface area (Å²) < 4.78 is 10.4. The molecule has 0 spiro atoms. The normalized spacial score (nSPS) is 10.6. The lowest BCUT2D eigenvalue weighted by molar-refractivity contribution is 0.211. The molecule has 0 atom stereocenters. The Balaban J connectivity index is 3.17. The van der Waals surface area contributed by atoms with E-state index in [1.807, 2.05) is 0 Å². The standard InChI is InChI=1S/C12H17NO4/c1-13-17-12-8-10(15-2)9(5-4-6-14)7-11(12)16-3/h4-5,7-8,13-14H,6H2,1-3H3/b5-4+. The van der Waals surface area contributed by atoms with E-state index in [0.717, 1.165) is 5.56 Å². The number of methoxy groups -OCH3 is 2. The van der Waals surface area contributed by atoms with Crippen LogP contribution in [0.3, 0.4) is 0 Å². The monoisotopic (exact) mass is 239 g/mol. The number of nitrogens with one attached hydrogen (secondary N) is 1. The maximum absolute atomic E-state index is 8.76. The van der Waals surface area contributed by atoms with Gasteiger partial charge in [-0.2, -0.15) is 5.48 Å². The summed E-state index contributed by atoms with van der Waals surface area (Å²) in [5.74, 6) is 1.76. The van der Waals surface area contributed by atoms with Crippen molar-refractivity contribution in [3.8, 4) is 17.2 Å². The Kier molecular flexibility index (Phi) is 5.32. The largest absolute Gasteiger partial charge is 0.496 e. The van der Waals surface area contributed by atoms with Gasteiger partial charge in [-0.25, -0.2) is 0 Å². The first-order chi connectivity index (χ1) is 8.26. The molecule has 1 aromatic rings. The Labute approximate surface area is 101 Å². The van der Waals surface area contributed by atoms with Crippen LogP contribution in [-0.4, -0.2) is 33.0 Å². The maximum Gasteiger partial charge on any atom is 0.192 e. The van der Waals surface area contributed by atoms with Crippen molar-refractivity contribution in [1.29, 1.82) is 0 Å². The van der Waals surface area contributed by atoms with Crippen molar-refractivity contribution >= 4 is 6.08 Å². The number of benzene rings is 1. The first-order valence-electron chi connectivity index (χ1n) is 5.13. The third kappa shape index (κ3) is 3.37. The summed E-state index contributed by atoms with van der Waals surface area (Å²) in [6, 6.07) is 3.49. The molecule has 0 aliphatic heterocycles. The van der Waals surface area contributed by atoms with Gasteiger partial charge in [0.15, 0.2) is 11.5 Å². The fraction of sp³-hybridized carbons (Fsp3) is 0.333. The Morgan fingerprint density at radius 1 is 1.18 bits per heavy atom. The summed E-state index contributed by atoms with van der Waals surface area (Å²) in [5.41, 5.74) is 3.39. The molecule has 0 radical (unpaired) electrons. The van der Waals surface area contributed by atoms with Crippen LogP contribution in [0, 0.1) is 0 Å². The highest BCUT2D eigenvalue weighted by Crippen LogP contribution is 2.35. The zero-order valence-electron chi connectivity index (χ0n) is 10.2. The molecule has 0 saturated carbocycles. The van der Waals surface area contributed by atoms with Gasteiger partial charge >= 0.3 is 0 Å². The van der Waals surface area contributed by atoms with Crippen LogP contribution >= 0.6 is 0 Å². The second kappa shape index (κ2) is 6.78. The predicted molar refractivity (Wildman–Crippen MR) is 65.4 cm³/mol. The van der Waals surface area contributed by atoms with Gasteiger partial charge < -0.3 is 19.4 Å². The van der Waals surface area contributed by atoms with Crippen LogP contribution < -0.4 is 19.8 Å². The highest BCUT2D eigenvalue weighted by molar-refractivity contribution is 5.63. The predicted octanol–water partition coefficient (Wildman–Crippen LogP) is 1.22. The third-order valence-corrected chi connectivity index (χ3v) is 2.13. The number of rotatable bonds is 6. The van der Waals surface area contributed by atoms with E-state index in [9.17, 15) is 0 Å². The van der Waals surface area contributed by atoms with Crippen LogP contribution in [0.5, 0.6) is 17.2 Å². The van der Waals surface area contributed by atoms with E-state index in [2.05, 4.69) is 5.48 Å². The molecule has 5 heteroatoms. The molecule has 1 rings (SSSR count).